The maximum absolute atomic E-state index is 12.9. The summed E-state index contributed by atoms with van der Waals surface area (Å²) < 4.78 is 36.6. The first-order valence-corrected chi connectivity index (χ1v) is 11.5. The summed E-state index contributed by atoms with van der Waals surface area (Å²) in [6, 6.07) is -1.11. The van der Waals surface area contributed by atoms with Gasteiger partial charge in [-0.3, -0.25) is 19.3 Å². The van der Waals surface area contributed by atoms with Crippen LogP contribution in [0.2, 0.25) is 0 Å². The molecule has 1 aromatic heterocycles. The number of aliphatic carboxylic acids is 1. The van der Waals surface area contributed by atoms with Crippen molar-refractivity contribution in [2.45, 2.75) is 17.6 Å². The van der Waals surface area contributed by atoms with Crippen molar-refractivity contribution >= 4 is 57.6 Å². The molecule has 1 unspecified atom stereocenters. The number of carbonyl (C=O) groups is 4. The predicted molar refractivity (Wildman–Crippen MR) is 117 cm³/mol. The van der Waals surface area contributed by atoms with Crippen molar-refractivity contribution in [3.05, 3.63) is 22.3 Å². The average molecular weight is 538 g/mol. The monoisotopic (exact) mass is 537 g/mol. The molecule has 0 bridgehead atoms. The minimum Gasteiger partial charge on any atom is -0.477 e. The van der Waals surface area contributed by atoms with Gasteiger partial charge in [-0.25, -0.2) is 9.78 Å². The number of halogens is 3. The van der Waals surface area contributed by atoms with Crippen molar-refractivity contribution < 1.29 is 42.3 Å². The van der Waals surface area contributed by atoms with E-state index < -0.39 is 60.1 Å². The van der Waals surface area contributed by atoms with E-state index in [1.165, 1.54) is 17.1 Å². The van der Waals surface area contributed by atoms with E-state index in [9.17, 15) is 37.5 Å². The summed E-state index contributed by atoms with van der Waals surface area (Å²) in [5, 5.41) is 17.6. The molecule has 0 radical (unpaired) electrons. The van der Waals surface area contributed by atoms with Crippen LogP contribution in [0.5, 0.6) is 0 Å². The van der Waals surface area contributed by atoms with Crippen LogP contribution in [0.3, 0.4) is 0 Å². The fourth-order valence-corrected chi connectivity index (χ4v) is 4.97. The molecular formula is C17H18F3N7O6S2. The summed E-state index contributed by atoms with van der Waals surface area (Å²) in [5.41, 5.74) is 10.7. The summed E-state index contributed by atoms with van der Waals surface area (Å²) in [6.45, 7) is -2.57. The predicted octanol–water partition coefficient (Wildman–Crippen LogP) is -1.18. The number of hydrogen-bond acceptors (Lipinski definition) is 11. The van der Waals surface area contributed by atoms with Gasteiger partial charge >= 0.3 is 12.1 Å². The Kier molecular flexibility index (Phi) is 7.86. The van der Waals surface area contributed by atoms with Gasteiger partial charge in [0.2, 0.25) is 0 Å². The number of carboxylic acids is 1. The van der Waals surface area contributed by atoms with Crippen LogP contribution in [0.1, 0.15) is 5.69 Å². The molecule has 2 aliphatic rings. The summed E-state index contributed by atoms with van der Waals surface area (Å²) in [4.78, 5) is 58.2. The molecule has 3 amide bonds. The molecule has 18 heteroatoms. The molecular weight excluding hydrogens is 519 g/mol. The van der Waals surface area contributed by atoms with Crippen molar-refractivity contribution in [1.29, 1.82) is 0 Å². The van der Waals surface area contributed by atoms with Crippen molar-refractivity contribution in [3.8, 4) is 0 Å². The van der Waals surface area contributed by atoms with Gasteiger partial charge in [0.25, 0.3) is 17.7 Å². The first-order chi connectivity index (χ1) is 16.4. The Bertz CT molecular complexity index is 1110. The summed E-state index contributed by atoms with van der Waals surface area (Å²) in [7, 11) is 0. The first kappa shape index (κ1) is 26.2. The van der Waals surface area contributed by atoms with Crippen LogP contribution in [0.15, 0.2) is 21.8 Å². The second kappa shape index (κ2) is 10.5. The molecule has 1 fully saturated rings. The molecule has 1 aromatic rings. The third-order valence-electron chi connectivity index (χ3n) is 4.60. The molecule has 0 aromatic carbocycles. The Morgan fingerprint density at radius 1 is 1.37 bits per heavy atom. The number of nitrogen functional groups attached to an aromatic ring is 1. The number of amides is 3. The maximum atomic E-state index is 12.9. The molecule has 2 atom stereocenters. The van der Waals surface area contributed by atoms with Gasteiger partial charge in [-0.1, -0.05) is 5.16 Å². The summed E-state index contributed by atoms with van der Waals surface area (Å²) in [6.07, 6.45) is -4.62. The Hall–Kier alpha value is -3.38. The minimum absolute atomic E-state index is 0.0574. The highest BCUT2D eigenvalue weighted by molar-refractivity contribution is 8.00. The molecule has 2 aliphatic heterocycles. The molecule has 1 saturated heterocycles. The number of rotatable bonds is 9. The highest BCUT2D eigenvalue weighted by Gasteiger charge is 2.54. The number of nitrogens with one attached hydrogen (secondary N) is 2. The molecule has 35 heavy (non-hydrogen) atoms. The van der Waals surface area contributed by atoms with Crippen LogP contribution in [0, 0.1) is 0 Å². The zero-order valence-electron chi connectivity index (χ0n) is 17.5. The van der Waals surface area contributed by atoms with Gasteiger partial charge in [-0.05, 0) is 5.57 Å². The molecule has 0 spiro atoms. The van der Waals surface area contributed by atoms with Crippen LogP contribution >= 0.6 is 23.1 Å². The molecule has 0 saturated carbocycles. The lowest BCUT2D eigenvalue weighted by molar-refractivity contribution is -0.150. The van der Waals surface area contributed by atoms with E-state index >= 15 is 0 Å². The number of anilines is 1. The van der Waals surface area contributed by atoms with Gasteiger partial charge in [0.05, 0.1) is 0 Å². The number of aromatic nitrogens is 1. The van der Waals surface area contributed by atoms with E-state index in [-0.39, 0.29) is 28.8 Å². The highest BCUT2D eigenvalue weighted by Crippen LogP contribution is 2.40. The van der Waals surface area contributed by atoms with Crippen LogP contribution in [-0.4, -0.2) is 87.4 Å². The number of alkyl halides is 3. The quantitative estimate of drug-likeness (QED) is 0.145. The highest BCUT2D eigenvalue weighted by atomic mass is 32.2. The fraction of sp³-hybridized carbons (Fsp3) is 0.412. The number of thioether (sulfide) groups is 1. The second-order valence-electron chi connectivity index (χ2n) is 7.00. The number of hydrogen-bond donors (Lipinski definition) is 5. The van der Waals surface area contributed by atoms with Gasteiger partial charge < -0.3 is 32.0 Å². The van der Waals surface area contributed by atoms with Gasteiger partial charge in [0.1, 0.15) is 29.4 Å². The fourth-order valence-electron chi connectivity index (χ4n) is 3.06. The maximum Gasteiger partial charge on any atom is 0.405 e. The molecule has 3 heterocycles. The van der Waals surface area contributed by atoms with Crippen LogP contribution < -0.4 is 22.1 Å². The zero-order chi connectivity index (χ0) is 25.9. The van der Waals surface area contributed by atoms with E-state index in [1.807, 2.05) is 0 Å². The van der Waals surface area contributed by atoms with Crippen molar-refractivity contribution in [3.63, 3.8) is 0 Å². The topological polar surface area (TPSA) is 202 Å². The van der Waals surface area contributed by atoms with Crippen LogP contribution in [0.4, 0.5) is 18.3 Å². The molecule has 190 valence electrons. The van der Waals surface area contributed by atoms with Gasteiger partial charge in [0.15, 0.2) is 17.5 Å². The van der Waals surface area contributed by atoms with E-state index in [1.54, 1.807) is 5.32 Å². The molecule has 7 N–H and O–H groups in total. The third-order valence-corrected chi connectivity index (χ3v) is 6.61. The Balaban J connectivity index is 1.71. The number of oxime groups is 1. The standard InChI is InChI=1S/C17H18F3N7O6S2/c18-17(19,20)5-23-8(28)2-33-26-9(7-4-35-16(22)24-7)12(29)25-10-13(30)27-11(15(31)32)6(1-21)3-34-14(10)27/h4,10,14H,1-3,5,21H2,(H2,22,24)(H,23,28)(H,25,29)(H,31,32)/b26-9-/t10?,14-/m0/s1. The SMILES string of the molecule is NCC1=C(C(=O)O)N2C(=O)C(NC(=O)/C(=N\OCC(=O)NCC(F)(F)F)c3csc(N)n3)[C@@H]2SC1. The number of thiazole rings is 1. The van der Waals surface area contributed by atoms with Gasteiger partial charge in [-0.2, -0.15) is 13.2 Å². The summed E-state index contributed by atoms with van der Waals surface area (Å²) >= 11 is 2.15. The Morgan fingerprint density at radius 2 is 2.09 bits per heavy atom. The number of carboxylic acid groups (broad SMARTS) is 1. The van der Waals surface area contributed by atoms with Crippen LogP contribution in [-0.2, 0) is 24.0 Å². The Morgan fingerprint density at radius 3 is 2.66 bits per heavy atom. The van der Waals surface area contributed by atoms with E-state index in [0.717, 1.165) is 16.2 Å². The zero-order valence-corrected chi connectivity index (χ0v) is 19.1. The van der Waals surface area contributed by atoms with E-state index in [0.29, 0.717) is 5.57 Å². The number of fused-ring (bicyclic) bond motifs is 1. The lowest BCUT2D eigenvalue weighted by atomic mass is 10.0. The number of nitrogens with two attached hydrogens (primary N) is 2. The Labute approximate surface area is 202 Å². The van der Waals surface area contributed by atoms with E-state index in [4.69, 9.17) is 16.3 Å². The lowest BCUT2D eigenvalue weighted by Gasteiger charge is -2.49. The third kappa shape index (κ3) is 6.01. The lowest BCUT2D eigenvalue weighted by Crippen LogP contribution is -2.71. The largest absolute Gasteiger partial charge is 0.477 e. The van der Waals surface area contributed by atoms with Crippen molar-refractivity contribution in [2.24, 2.45) is 10.9 Å². The number of nitrogens with zero attached hydrogens (tertiary/aromatic N) is 3. The van der Waals surface area contributed by atoms with Gasteiger partial charge in [0, 0.05) is 17.7 Å². The first-order valence-electron chi connectivity index (χ1n) is 9.58. The van der Waals surface area contributed by atoms with E-state index in [2.05, 4.69) is 15.5 Å². The molecule has 0 aliphatic carbocycles. The number of β-lactam (4-membered cyclic amide) rings is 1. The second-order valence-corrected chi connectivity index (χ2v) is 8.99. The normalized spacial score (nSPS) is 20.2. The molecule has 13 nitrogen and oxygen atoms in total. The van der Waals surface area contributed by atoms with Crippen LogP contribution in [0.25, 0.3) is 0 Å². The number of carbonyl (C=O) groups excluding carboxylic acids is 3. The van der Waals surface area contributed by atoms with Crippen molar-refractivity contribution in [1.82, 2.24) is 20.5 Å². The summed E-state index contributed by atoms with van der Waals surface area (Å²) in [5.74, 6) is -3.89. The average Bonchev–Trinajstić information content (AvgIpc) is 3.22. The minimum atomic E-state index is -4.62. The van der Waals surface area contributed by atoms with Crippen molar-refractivity contribution in [2.75, 3.05) is 31.2 Å². The van der Waals surface area contributed by atoms with Gasteiger partial charge in [-0.15, -0.1) is 23.1 Å². The smallest absolute Gasteiger partial charge is 0.405 e. The molecule has 3 rings (SSSR count).